The average Bonchev–Trinajstić information content (AvgIpc) is 3.52. The van der Waals surface area contributed by atoms with Gasteiger partial charge in [0.25, 0.3) is 0 Å². The minimum Gasteiger partial charge on any atom is -0.497 e. The van der Waals surface area contributed by atoms with E-state index in [0.717, 1.165) is 37.7 Å². The number of rotatable bonds is 5. The van der Waals surface area contributed by atoms with Crippen molar-refractivity contribution in [1.29, 1.82) is 0 Å². The maximum Gasteiger partial charge on any atom is 0.119 e. The van der Waals surface area contributed by atoms with E-state index in [1.807, 2.05) is 0 Å². The normalized spacial score (nSPS) is 16.5. The molecule has 3 aromatic rings. The number of ether oxygens (including phenoxy) is 2. The topological polar surface area (TPSA) is 24.9 Å². The lowest BCUT2D eigenvalue weighted by Gasteiger charge is -2.28. The van der Waals surface area contributed by atoms with E-state index in [1.54, 1.807) is 14.2 Å². The van der Waals surface area contributed by atoms with Crippen LogP contribution in [0.2, 0.25) is 0 Å². The Morgan fingerprint density at radius 3 is 1.77 bits per heavy atom. The van der Waals surface area contributed by atoms with Gasteiger partial charge in [0.05, 0.1) is 14.2 Å². The Kier molecular flexibility index (Phi) is 5.16. The van der Waals surface area contributed by atoms with Crippen LogP contribution < -0.4 is 19.3 Å². The van der Waals surface area contributed by atoms with Crippen molar-refractivity contribution in [2.45, 2.75) is 25.7 Å². The summed E-state index contributed by atoms with van der Waals surface area (Å²) in [7, 11) is 3.47. The van der Waals surface area contributed by atoms with Crippen molar-refractivity contribution in [2.75, 3.05) is 50.2 Å². The molecule has 4 nitrogen and oxygen atoms in total. The van der Waals surface area contributed by atoms with Crippen LogP contribution in [-0.2, 0) is 0 Å². The van der Waals surface area contributed by atoms with Gasteiger partial charge in [0.2, 0.25) is 0 Å². The number of hydrogen-bond donors (Lipinski definition) is 0. The first-order chi connectivity index (χ1) is 14.8. The highest BCUT2D eigenvalue weighted by molar-refractivity contribution is 6.09. The van der Waals surface area contributed by atoms with Gasteiger partial charge in [-0.1, -0.05) is 12.1 Å². The van der Waals surface area contributed by atoms with Crippen LogP contribution in [0.25, 0.3) is 21.9 Å². The van der Waals surface area contributed by atoms with Crippen molar-refractivity contribution >= 4 is 22.1 Å². The first kappa shape index (κ1) is 19.1. The maximum absolute atomic E-state index is 5.63. The first-order valence-corrected chi connectivity index (χ1v) is 11.1. The van der Waals surface area contributed by atoms with Crippen molar-refractivity contribution in [1.82, 2.24) is 0 Å². The van der Waals surface area contributed by atoms with Gasteiger partial charge in [-0.15, -0.1) is 0 Å². The summed E-state index contributed by atoms with van der Waals surface area (Å²) in [6.07, 6.45) is 5.07. The fourth-order valence-corrected chi connectivity index (χ4v) is 4.99. The third-order valence-electron chi connectivity index (χ3n) is 6.57. The molecule has 0 bridgehead atoms. The molecule has 5 rings (SSSR count). The molecule has 2 saturated heterocycles. The summed E-state index contributed by atoms with van der Waals surface area (Å²) in [4.78, 5) is 5.13. The zero-order valence-corrected chi connectivity index (χ0v) is 18.0. The summed E-state index contributed by atoms with van der Waals surface area (Å²) in [5.74, 6) is 1.79. The van der Waals surface area contributed by atoms with Gasteiger partial charge >= 0.3 is 0 Å². The molecular weight excluding hydrogens is 372 g/mol. The molecule has 0 saturated carbocycles. The Morgan fingerprint density at radius 1 is 0.600 bits per heavy atom. The number of methoxy groups -OCH3 is 2. The summed E-state index contributed by atoms with van der Waals surface area (Å²) in [6, 6.07) is 17.5. The van der Waals surface area contributed by atoms with Gasteiger partial charge in [0.15, 0.2) is 0 Å². The Bertz CT molecular complexity index is 1030. The fourth-order valence-electron chi connectivity index (χ4n) is 4.99. The zero-order valence-electron chi connectivity index (χ0n) is 18.0. The smallest absolute Gasteiger partial charge is 0.119 e. The van der Waals surface area contributed by atoms with Crippen molar-refractivity contribution < 1.29 is 9.47 Å². The summed E-state index contributed by atoms with van der Waals surface area (Å²) in [5, 5.41) is 2.58. The number of nitrogens with zero attached hydrogens (tertiary/aromatic N) is 2. The van der Waals surface area contributed by atoms with Crippen molar-refractivity contribution in [3.05, 3.63) is 48.5 Å². The van der Waals surface area contributed by atoms with Gasteiger partial charge in [0.1, 0.15) is 11.5 Å². The number of hydrogen-bond acceptors (Lipinski definition) is 4. The van der Waals surface area contributed by atoms with Crippen LogP contribution >= 0.6 is 0 Å². The molecular formula is C26H30N2O2. The Hall–Kier alpha value is -2.88. The van der Waals surface area contributed by atoms with Crippen LogP contribution in [0.5, 0.6) is 11.5 Å². The standard InChI is InChI=1S/C26H30N2O2/c1-29-20-9-7-19(8-10-20)26-23-17-21(30-2)11-12-22(23)24(27-13-3-4-14-27)18-25(26)28-15-5-6-16-28/h7-12,17-18H,3-6,13-16H2,1-2H3. The molecule has 2 heterocycles. The lowest BCUT2D eigenvalue weighted by atomic mass is 9.93. The fraction of sp³-hybridized carbons (Fsp3) is 0.385. The van der Waals surface area contributed by atoms with Crippen LogP contribution in [0.3, 0.4) is 0 Å². The molecule has 0 unspecified atom stereocenters. The van der Waals surface area contributed by atoms with Crippen molar-refractivity contribution in [3.63, 3.8) is 0 Å². The third kappa shape index (κ3) is 3.34. The molecule has 156 valence electrons. The molecule has 4 heteroatoms. The van der Waals surface area contributed by atoms with Crippen LogP contribution in [0.4, 0.5) is 11.4 Å². The quantitative estimate of drug-likeness (QED) is 0.545. The van der Waals surface area contributed by atoms with Gasteiger partial charge in [-0.05, 0) is 73.0 Å². The van der Waals surface area contributed by atoms with E-state index in [4.69, 9.17) is 9.47 Å². The highest BCUT2D eigenvalue weighted by Gasteiger charge is 2.24. The monoisotopic (exact) mass is 402 g/mol. The number of fused-ring (bicyclic) bond motifs is 1. The minimum absolute atomic E-state index is 0.886. The number of anilines is 2. The highest BCUT2D eigenvalue weighted by Crippen LogP contribution is 2.45. The first-order valence-electron chi connectivity index (χ1n) is 11.1. The molecule has 0 aromatic heterocycles. The second kappa shape index (κ2) is 8.10. The molecule has 0 atom stereocenters. The van der Waals surface area contributed by atoms with Gasteiger partial charge in [-0.25, -0.2) is 0 Å². The van der Waals surface area contributed by atoms with E-state index in [1.165, 1.54) is 59.0 Å². The molecule has 3 aromatic carbocycles. The summed E-state index contributed by atoms with van der Waals surface area (Å²) in [5.41, 5.74) is 5.24. The van der Waals surface area contributed by atoms with Crippen molar-refractivity contribution in [2.24, 2.45) is 0 Å². The maximum atomic E-state index is 5.63. The minimum atomic E-state index is 0.886. The predicted octanol–water partition coefficient (Wildman–Crippen LogP) is 5.72. The molecule has 0 aliphatic carbocycles. The summed E-state index contributed by atoms with van der Waals surface area (Å²) in [6.45, 7) is 4.53. The molecule has 0 N–H and O–H groups in total. The van der Waals surface area contributed by atoms with Crippen LogP contribution in [0.1, 0.15) is 25.7 Å². The third-order valence-corrected chi connectivity index (χ3v) is 6.57. The highest BCUT2D eigenvalue weighted by atomic mass is 16.5. The second-order valence-electron chi connectivity index (χ2n) is 8.32. The van der Waals surface area contributed by atoms with Gasteiger partial charge in [-0.2, -0.15) is 0 Å². The van der Waals surface area contributed by atoms with Gasteiger partial charge < -0.3 is 19.3 Å². The lowest BCUT2D eigenvalue weighted by molar-refractivity contribution is 0.415. The Balaban J connectivity index is 1.79. The van der Waals surface area contributed by atoms with E-state index in [-0.39, 0.29) is 0 Å². The average molecular weight is 403 g/mol. The van der Waals surface area contributed by atoms with Gasteiger partial charge in [-0.3, -0.25) is 0 Å². The zero-order chi connectivity index (χ0) is 20.5. The molecule has 0 amide bonds. The van der Waals surface area contributed by atoms with E-state index in [9.17, 15) is 0 Å². The SMILES string of the molecule is COc1ccc(-c2c(N3CCCC3)cc(N3CCCC3)c3ccc(OC)cc23)cc1. The second-order valence-corrected chi connectivity index (χ2v) is 8.32. The van der Waals surface area contributed by atoms with Crippen LogP contribution in [0.15, 0.2) is 48.5 Å². The van der Waals surface area contributed by atoms with Crippen LogP contribution in [0, 0.1) is 0 Å². The molecule has 30 heavy (non-hydrogen) atoms. The van der Waals surface area contributed by atoms with E-state index < -0.39 is 0 Å². The molecule has 0 radical (unpaired) electrons. The van der Waals surface area contributed by atoms with Crippen molar-refractivity contribution in [3.8, 4) is 22.6 Å². The predicted molar refractivity (Wildman–Crippen MR) is 125 cm³/mol. The summed E-state index contributed by atoms with van der Waals surface area (Å²) < 4.78 is 11.0. The Morgan fingerprint density at radius 2 is 1.17 bits per heavy atom. The summed E-state index contributed by atoms with van der Waals surface area (Å²) >= 11 is 0. The van der Waals surface area contributed by atoms with E-state index in [2.05, 4.69) is 58.3 Å². The lowest BCUT2D eigenvalue weighted by Crippen LogP contribution is -2.22. The Labute approximate surface area is 179 Å². The molecule has 0 spiro atoms. The number of benzene rings is 3. The largest absolute Gasteiger partial charge is 0.497 e. The van der Waals surface area contributed by atoms with E-state index in [0.29, 0.717) is 0 Å². The van der Waals surface area contributed by atoms with E-state index >= 15 is 0 Å². The van der Waals surface area contributed by atoms with Gasteiger partial charge in [0, 0.05) is 48.5 Å². The molecule has 2 fully saturated rings. The molecule has 2 aliphatic rings. The van der Waals surface area contributed by atoms with Crippen LogP contribution in [-0.4, -0.2) is 40.4 Å². The molecule has 2 aliphatic heterocycles.